The summed E-state index contributed by atoms with van der Waals surface area (Å²) in [5.41, 5.74) is 1.26. The molecule has 4 unspecified atom stereocenters. The van der Waals surface area contributed by atoms with Gasteiger partial charge in [0.1, 0.15) is 5.75 Å². The molecular weight excluding hydrogens is 368 g/mol. The Hall–Kier alpha value is -1.57. The van der Waals surface area contributed by atoms with Gasteiger partial charge in [0.25, 0.3) is 0 Å². The van der Waals surface area contributed by atoms with Crippen molar-refractivity contribution in [3.05, 3.63) is 42.5 Å². The van der Waals surface area contributed by atoms with E-state index in [2.05, 4.69) is 25.6 Å². The van der Waals surface area contributed by atoms with Gasteiger partial charge in [0.05, 0.1) is 5.92 Å². The van der Waals surface area contributed by atoms with Crippen LogP contribution in [0.4, 0.5) is 0 Å². The molecule has 3 fully saturated rings. The smallest absolute Gasteiger partial charge is 0.314 e. The summed E-state index contributed by atoms with van der Waals surface area (Å²) >= 11 is 0. The molecular formula is C28H40O2. The van der Waals surface area contributed by atoms with Crippen LogP contribution in [-0.2, 0) is 11.2 Å². The average Bonchev–Trinajstić information content (AvgIpc) is 2.78. The van der Waals surface area contributed by atoms with Gasteiger partial charge in [-0.2, -0.15) is 0 Å². The van der Waals surface area contributed by atoms with Crippen LogP contribution in [0.3, 0.4) is 0 Å². The highest BCUT2D eigenvalue weighted by Gasteiger charge is 2.38. The average molecular weight is 409 g/mol. The SMILES string of the molecule is C=CCCc1ccc(OC(=O)C2CCC(C3CCC4CC(C)CCC4C3)CC2)cc1. The number of aryl methyl sites for hydroxylation is 1. The van der Waals surface area contributed by atoms with E-state index in [1.165, 1.54) is 56.9 Å². The highest BCUT2D eigenvalue weighted by atomic mass is 16.5. The maximum absolute atomic E-state index is 12.7. The molecule has 4 rings (SSSR count). The number of carbonyl (C=O) groups is 1. The largest absolute Gasteiger partial charge is 0.426 e. The number of esters is 1. The summed E-state index contributed by atoms with van der Waals surface area (Å²) in [7, 11) is 0. The van der Waals surface area contributed by atoms with Gasteiger partial charge in [0.15, 0.2) is 0 Å². The molecule has 2 nitrogen and oxygen atoms in total. The molecule has 164 valence electrons. The molecule has 4 atom stereocenters. The van der Waals surface area contributed by atoms with Crippen molar-refractivity contribution in [2.75, 3.05) is 0 Å². The fourth-order valence-electron chi connectivity index (χ4n) is 6.61. The molecule has 2 heteroatoms. The number of allylic oxidation sites excluding steroid dienone is 1. The van der Waals surface area contributed by atoms with Crippen molar-refractivity contribution >= 4 is 5.97 Å². The van der Waals surface area contributed by atoms with Crippen LogP contribution in [0.15, 0.2) is 36.9 Å². The molecule has 0 radical (unpaired) electrons. The minimum absolute atomic E-state index is 0.0164. The highest BCUT2D eigenvalue weighted by Crippen LogP contribution is 2.49. The number of carbonyl (C=O) groups excluding carboxylic acids is 1. The molecule has 0 spiro atoms. The van der Waals surface area contributed by atoms with Crippen molar-refractivity contribution in [3.63, 3.8) is 0 Å². The Bertz CT molecular complexity index is 698. The lowest BCUT2D eigenvalue weighted by Crippen LogP contribution is -2.35. The van der Waals surface area contributed by atoms with Crippen molar-refractivity contribution in [1.82, 2.24) is 0 Å². The van der Waals surface area contributed by atoms with E-state index in [9.17, 15) is 4.79 Å². The van der Waals surface area contributed by atoms with Crippen LogP contribution < -0.4 is 4.74 Å². The Labute approximate surface area is 183 Å². The summed E-state index contributed by atoms with van der Waals surface area (Å²) < 4.78 is 5.72. The summed E-state index contributed by atoms with van der Waals surface area (Å²) in [4.78, 5) is 12.7. The van der Waals surface area contributed by atoms with Gasteiger partial charge < -0.3 is 4.74 Å². The van der Waals surface area contributed by atoms with Crippen LogP contribution in [0.5, 0.6) is 5.75 Å². The summed E-state index contributed by atoms with van der Waals surface area (Å²) in [5, 5.41) is 0. The highest BCUT2D eigenvalue weighted by molar-refractivity contribution is 5.75. The Morgan fingerprint density at radius 1 is 0.900 bits per heavy atom. The molecule has 0 aliphatic heterocycles. The quantitative estimate of drug-likeness (QED) is 0.279. The van der Waals surface area contributed by atoms with Crippen LogP contribution in [-0.4, -0.2) is 5.97 Å². The Morgan fingerprint density at radius 3 is 2.20 bits per heavy atom. The first-order valence-electron chi connectivity index (χ1n) is 12.5. The van der Waals surface area contributed by atoms with Gasteiger partial charge in [0, 0.05) is 0 Å². The van der Waals surface area contributed by atoms with Crippen LogP contribution >= 0.6 is 0 Å². The number of fused-ring (bicyclic) bond motifs is 1. The van der Waals surface area contributed by atoms with Crippen molar-refractivity contribution in [2.24, 2.45) is 35.5 Å². The Balaban J connectivity index is 1.22. The molecule has 3 aliphatic rings. The lowest BCUT2D eigenvalue weighted by molar-refractivity contribution is -0.140. The molecule has 0 heterocycles. The van der Waals surface area contributed by atoms with Gasteiger partial charge in [-0.05, 0) is 118 Å². The summed E-state index contributed by atoms with van der Waals surface area (Å²) in [6.07, 6.45) is 17.1. The molecule has 0 aromatic heterocycles. The molecule has 0 N–H and O–H groups in total. The van der Waals surface area contributed by atoms with Gasteiger partial charge in [0.2, 0.25) is 0 Å². The maximum atomic E-state index is 12.7. The summed E-state index contributed by atoms with van der Waals surface area (Å²) in [5.74, 6) is 5.49. The number of ether oxygens (including phenoxy) is 1. The van der Waals surface area contributed by atoms with Gasteiger partial charge in [-0.15, -0.1) is 6.58 Å². The predicted octanol–water partition coefficient (Wildman–Crippen LogP) is 7.37. The fourth-order valence-corrected chi connectivity index (χ4v) is 6.61. The molecule has 1 aromatic rings. The number of rotatable bonds is 6. The first-order valence-corrected chi connectivity index (χ1v) is 12.5. The third-order valence-electron chi connectivity index (χ3n) is 8.47. The van der Waals surface area contributed by atoms with E-state index in [-0.39, 0.29) is 11.9 Å². The van der Waals surface area contributed by atoms with Crippen LogP contribution in [0.1, 0.15) is 83.1 Å². The third kappa shape index (κ3) is 5.37. The molecule has 30 heavy (non-hydrogen) atoms. The normalized spacial score (nSPS) is 34.0. The lowest BCUT2D eigenvalue weighted by Gasteiger charge is -2.44. The zero-order valence-corrected chi connectivity index (χ0v) is 18.9. The van der Waals surface area contributed by atoms with Crippen molar-refractivity contribution in [3.8, 4) is 5.75 Å². The number of hydrogen-bond acceptors (Lipinski definition) is 2. The first-order chi connectivity index (χ1) is 14.6. The number of hydrogen-bond donors (Lipinski definition) is 0. The molecule has 0 bridgehead atoms. The summed E-state index contributed by atoms with van der Waals surface area (Å²) in [6, 6.07) is 7.99. The van der Waals surface area contributed by atoms with Crippen molar-refractivity contribution in [1.29, 1.82) is 0 Å². The lowest BCUT2D eigenvalue weighted by atomic mass is 9.61. The van der Waals surface area contributed by atoms with Crippen LogP contribution in [0.25, 0.3) is 0 Å². The van der Waals surface area contributed by atoms with E-state index in [1.54, 1.807) is 0 Å². The fraction of sp³-hybridized carbons (Fsp3) is 0.679. The minimum Gasteiger partial charge on any atom is -0.426 e. The van der Waals surface area contributed by atoms with E-state index in [1.807, 2.05) is 18.2 Å². The van der Waals surface area contributed by atoms with E-state index < -0.39 is 0 Å². The second kappa shape index (κ2) is 10.2. The van der Waals surface area contributed by atoms with Crippen molar-refractivity contribution < 1.29 is 9.53 Å². The monoisotopic (exact) mass is 408 g/mol. The van der Waals surface area contributed by atoms with Gasteiger partial charge >= 0.3 is 5.97 Å². The predicted molar refractivity (Wildman–Crippen MR) is 123 cm³/mol. The standard InChI is InChI=1S/C28H40O2/c1-3-4-5-21-7-16-27(17-8-21)30-28(29)23-12-10-22(11-13-23)25-15-14-24-18-20(2)6-9-26(24)19-25/h3,7-8,16-17,20,22-26H,1,4-6,9-15,18-19H2,2H3. The minimum atomic E-state index is -0.0164. The maximum Gasteiger partial charge on any atom is 0.314 e. The first kappa shape index (κ1) is 21.7. The third-order valence-corrected chi connectivity index (χ3v) is 8.47. The van der Waals surface area contributed by atoms with E-state index in [4.69, 9.17) is 4.74 Å². The molecule has 0 saturated heterocycles. The molecule has 3 aliphatic carbocycles. The van der Waals surface area contributed by atoms with Crippen molar-refractivity contribution in [2.45, 2.75) is 84.0 Å². The Kier molecular flexibility index (Phi) is 7.33. The molecule has 0 amide bonds. The Morgan fingerprint density at radius 2 is 1.50 bits per heavy atom. The topological polar surface area (TPSA) is 26.3 Å². The van der Waals surface area contributed by atoms with E-state index >= 15 is 0 Å². The van der Waals surface area contributed by atoms with E-state index in [0.29, 0.717) is 5.75 Å². The van der Waals surface area contributed by atoms with Crippen LogP contribution in [0, 0.1) is 35.5 Å². The van der Waals surface area contributed by atoms with Gasteiger partial charge in [-0.25, -0.2) is 0 Å². The van der Waals surface area contributed by atoms with Crippen LogP contribution in [0.2, 0.25) is 0 Å². The number of benzene rings is 1. The summed E-state index contributed by atoms with van der Waals surface area (Å²) in [6.45, 7) is 6.21. The molecule has 1 aromatic carbocycles. The second-order valence-corrected chi connectivity index (χ2v) is 10.5. The van der Waals surface area contributed by atoms with Gasteiger partial charge in [-0.3, -0.25) is 4.79 Å². The van der Waals surface area contributed by atoms with Gasteiger partial charge in [-0.1, -0.05) is 31.6 Å². The van der Waals surface area contributed by atoms with E-state index in [0.717, 1.165) is 55.3 Å². The zero-order valence-electron chi connectivity index (χ0n) is 18.9. The molecule has 3 saturated carbocycles. The second-order valence-electron chi connectivity index (χ2n) is 10.5. The zero-order chi connectivity index (χ0) is 20.9.